The summed E-state index contributed by atoms with van der Waals surface area (Å²) in [5.41, 5.74) is 4.57. The molecule has 1 atom stereocenters. The van der Waals surface area contributed by atoms with Gasteiger partial charge in [-0.05, 0) is 56.0 Å². The third-order valence-electron chi connectivity index (χ3n) is 3.79. The van der Waals surface area contributed by atoms with Gasteiger partial charge in [0, 0.05) is 5.69 Å². The van der Waals surface area contributed by atoms with Gasteiger partial charge in [-0.2, -0.15) is 5.10 Å². The third-order valence-corrected chi connectivity index (χ3v) is 3.79. The second-order valence-corrected chi connectivity index (χ2v) is 6.25. The topological polar surface area (TPSA) is 47.3 Å². The molecule has 0 bridgehead atoms. The van der Waals surface area contributed by atoms with Gasteiger partial charge in [-0.25, -0.2) is 0 Å². The molecule has 0 aliphatic heterocycles. The van der Waals surface area contributed by atoms with Gasteiger partial charge in [-0.15, -0.1) is 0 Å². The molecule has 0 radical (unpaired) electrons. The minimum atomic E-state index is -0.580. The van der Waals surface area contributed by atoms with E-state index in [1.165, 1.54) is 11.1 Å². The van der Waals surface area contributed by atoms with E-state index in [0.29, 0.717) is 12.5 Å². The molecule has 1 N–H and O–H groups in total. The Balaban J connectivity index is 1.92. The second kappa shape index (κ2) is 6.97. The minimum absolute atomic E-state index is 0.263. The van der Waals surface area contributed by atoms with Crippen LogP contribution < -0.4 is 4.74 Å². The summed E-state index contributed by atoms with van der Waals surface area (Å²) in [5, 5.41) is 14.5. The summed E-state index contributed by atoms with van der Waals surface area (Å²) in [4.78, 5) is 0. The van der Waals surface area contributed by atoms with E-state index in [0.717, 1.165) is 17.1 Å². The minimum Gasteiger partial charge on any atom is -0.491 e. The first-order chi connectivity index (χ1) is 10.4. The fourth-order valence-corrected chi connectivity index (χ4v) is 2.69. The molecule has 0 amide bonds. The van der Waals surface area contributed by atoms with Gasteiger partial charge in [0.25, 0.3) is 0 Å². The van der Waals surface area contributed by atoms with Crippen molar-refractivity contribution in [2.24, 2.45) is 0 Å². The van der Waals surface area contributed by atoms with Gasteiger partial charge in [0.05, 0.1) is 12.2 Å². The highest BCUT2D eigenvalue weighted by atomic mass is 16.5. The van der Waals surface area contributed by atoms with Crippen LogP contribution in [0.1, 0.15) is 42.3 Å². The lowest BCUT2D eigenvalue weighted by Gasteiger charge is -2.15. The van der Waals surface area contributed by atoms with Gasteiger partial charge in [0.1, 0.15) is 18.5 Å². The summed E-state index contributed by atoms with van der Waals surface area (Å²) in [6.45, 7) is 11.1. The highest BCUT2D eigenvalue weighted by molar-refractivity contribution is 5.36. The number of nitrogens with zero attached hydrogens (tertiary/aromatic N) is 2. The highest BCUT2D eigenvalue weighted by Gasteiger charge is 2.10. The maximum Gasteiger partial charge on any atom is 0.119 e. The molecule has 120 valence electrons. The standard InChI is InChI=1S/C18H26N2O2/c1-12(2)18-7-6-17(8-13(18)3)22-11-16(21)10-20-15(5)9-14(4)19-20/h6-9,12,16,21H,10-11H2,1-5H3/t16-/m1/s1. The summed E-state index contributed by atoms with van der Waals surface area (Å²) in [7, 11) is 0. The Morgan fingerprint density at radius 2 is 1.91 bits per heavy atom. The molecule has 0 saturated heterocycles. The van der Waals surface area contributed by atoms with E-state index < -0.39 is 6.10 Å². The number of rotatable bonds is 6. The van der Waals surface area contributed by atoms with Crippen LogP contribution in [0.3, 0.4) is 0 Å². The van der Waals surface area contributed by atoms with Gasteiger partial charge in [0.2, 0.25) is 0 Å². The molecule has 0 spiro atoms. The van der Waals surface area contributed by atoms with E-state index in [1.54, 1.807) is 0 Å². The quantitative estimate of drug-likeness (QED) is 0.890. The molecule has 4 nitrogen and oxygen atoms in total. The van der Waals surface area contributed by atoms with Crippen LogP contribution in [0.15, 0.2) is 24.3 Å². The predicted molar refractivity (Wildman–Crippen MR) is 88.5 cm³/mol. The average Bonchev–Trinajstić information content (AvgIpc) is 2.74. The SMILES string of the molecule is Cc1cc(C)n(C[C@@H](O)COc2ccc(C(C)C)c(C)c2)n1. The Bertz CT molecular complexity index is 632. The van der Waals surface area contributed by atoms with Crippen molar-refractivity contribution in [1.82, 2.24) is 9.78 Å². The lowest BCUT2D eigenvalue weighted by molar-refractivity contribution is 0.0886. The smallest absolute Gasteiger partial charge is 0.119 e. The highest BCUT2D eigenvalue weighted by Crippen LogP contribution is 2.23. The Morgan fingerprint density at radius 3 is 2.45 bits per heavy atom. The van der Waals surface area contributed by atoms with E-state index in [9.17, 15) is 5.11 Å². The lowest BCUT2D eigenvalue weighted by Crippen LogP contribution is -2.24. The Labute approximate surface area is 132 Å². The van der Waals surface area contributed by atoms with Gasteiger partial charge in [0.15, 0.2) is 0 Å². The van der Waals surface area contributed by atoms with Crippen molar-refractivity contribution in [3.63, 3.8) is 0 Å². The molecular weight excluding hydrogens is 276 g/mol. The Kier molecular flexibility index (Phi) is 5.24. The van der Waals surface area contributed by atoms with Gasteiger partial charge < -0.3 is 9.84 Å². The first-order valence-electron chi connectivity index (χ1n) is 7.79. The van der Waals surface area contributed by atoms with E-state index in [4.69, 9.17) is 4.74 Å². The molecule has 0 aliphatic rings. The number of ether oxygens (including phenoxy) is 1. The monoisotopic (exact) mass is 302 g/mol. The van der Waals surface area contributed by atoms with E-state index >= 15 is 0 Å². The average molecular weight is 302 g/mol. The summed E-state index contributed by atoms with van der Waals surface area (Å²) >= 11 is 0. The third kappa shape index (κ3) is 4.10. The number of hydrogen-bond acceptors (Lipinski definition) is 3. The van der Waals surface area contributed by atoms with Crippen LogP contribution >= 0.6 is 0 Å². The zero-order chi connectivity index (χ0) is 16.3. The molecule has 22 heavy (non-hydrogen) atoms. The molecule has 0 aliphatic carbocycles. The molecule has 2 rings (SSSR count). The van der Waals surface area contributed by atoms with Crippen molar-refractivity contribution in [3.05, 3.63) is 46.8 Å². The maximum atomic E-state index is 10.1. The lowest BCUT2D eigenvalue weighted by atomic mass is 9.98. The Morgan fingerprint density at radius 1 is 1.18 bits per heavy atom. The molecule has 1 heterocycles. The largest absolute Gasteiger partial charge is 0.491 e. The van der Waals surface area contributed by atoms with Gasteiger partial charge in [-0.3, -0.25) is 4.68 Å². The zero-order valence-electron chi connectivity index (χ0n) is 14.1. The fourth-order valence-electron chi connectivity index (χ4n) is 2.69. The maximum absolute atomic E-state index is 10.1. The number of aliphatic hydroxyl groups is 1. The van der Waals surface area contributed by atoms with Crippen molar-refractivity contribution in [3.8, 4) is 5.75 Å². The van der Waals surface area contributed by atoms with Crippen LogP contribution in [-0.4, -0.2) is 27.6 Å². The van der Waals surface area contributed by atoms with Gasteiger partial charge >= 0.3 is 0 Å². The molecule has 0 fully saturated rings. The molecule has 1 aromatic carbocycles. The first kappa shape index (κ1) is 16.6. The summed E-state index contributed by atoms with van der Waals surface area (Å²) < 4.78 is 7.53. The molecule has 4 heteroatoms. The van der Waals surface area contributed by atoms with E-state index in [2.05, 4.69) is 31.9 Å². The van der Waals surface area contributed by atoms with Gasteiger partial charge in [-0.1, -0.05) is 19.9 Å². The summed E-state index contributed by atoms with van der Waals surface area (Å²) in [6, 6.07) is 8.11. The molecular formula is C18H26N2O2. The molecule has 1 aromatic heterocycles. The van der Waals surface area contributed by atoms with Crippen molar-refractivity contribution < 1.29 is 9.84 Å². The van der Waals surface area contributed by atoms with Crippen LogP contribution in [0.4, 0.5) is 0 Å². The molecule has 0 unspecified atom stereocenters. The molecule has 2 aromatic rings. The van der Waals surface area contributed by atoms with Crippen LogP contribution in [0.5, 0.6) is 5.75 Å². The van der Waals surface area contributed by atoms with Crippen molar-refractivity contribution in [2.45, 2.75) is 53.2 Å². The Hall–Kier alpha value is -1.81. The number of benzene rings is 1. The zero-order valence-corrected chi connectivity index (χ0v) is 14.1. The number of aliphatic hydroxyl groups excluding tert-OH is 1. The summed E-state index contributed by atoms with van der Waals surface area (Å²) in [6.07, 6.45) is -0.580. The predicted octanol–water partition coefficient (Wildman–Crippen LogP) is 3.37. The normalized spacial score (nSPS) is 12.7. The number of aryl methyl sites for hydroxylation is 3. The molecule has 0 saturated carbocycles. The van der Waals surface area contributed by atoms with Crippen LogP contribution in [0.2, 0.25) is 0 Å². The second-order valence-electron chi connectivity index (χ2n) is 6.25. The number of aromatic nitrogens is 2. The van der Waals surface area contributed by atoms with E-state index in [1.807, 2.05) is 36.7 Å². The van der Waals surface area contributed by atoms with Crippen LogP contribution in [0, 0.1) is 20.8 Å². The fraction of sp³-hybridized carbons (Fsp3) is 0.500. The van der Waals surface area contributed by atoms with Crippen molar-refractivity contribution in [2.75, 3.05) is 6.61 Å². The summed E-state index contributed by atoms with van der Waals surface area (Å²) in [5.74, 6) is 1.31. The first-order valence-corrected chi connectivity index (χ1v) is 7.79. The van der Waals surface area contributed by atoms with Crippen LogP contribution in [0.25, 0.3) is 0 Å². The van der Waals surface area contributed by atoms with E-state index in [-0.39, 0.29) is 6.61 Å². The van der Waals surface area contributed by atoms with Crippen molar-refractivity contribution >= 4 is 0 Å². The van der Waals surface area contributed by atoms with Crippen LogP contribution in [-0.2, 0) is 6.54 Å². The van der Waals surface area contributed by atoms with Crippen molar-refractivity contribution in [1.29, 1.82) is 0 Å². The number of hydrogen-bond donors (Lipinski definition) is 1.